The summed E-state index contributed by atoms with van der Waals surface area (Å²) in [5.74, 6) is -0.102. The Labute approximate surface area is 131 Å². The van der Waals surface area contributed by atoms with E-state index in [-0.39, 0.29) is 5.91 Å². The molecule has 3 heterocycles. The van der Waals surface area contributed by atoms with Gasteiger partial charge in [0.05, 0.1) is 33.7 Å². The van der Waals surface area contributed by atoms with Gasteiger partial charge in [0.2, 0.25) is 0 Å². The van der Waals surface area contributed by atoms with Crippen molar-refractivity contribution >= 4 is 34.1 Å². The fraction of sp³-hybridized carbons (Fsp3) is 0.267. The summed E-state index contributed by atoms with van der Waals surface area (Å²) in [4.78, 5) is 14.7. The number of anilines is 1. The number of nitrogens with zero attached hydrogens (tertiary/aromatic N) is 3. The van der Waals surface area contributed by atoms with Gasteiger partial charge in [-0.1, -0.05) is 11.6 Å². The standard InChI is InChI=1S/C15H14ClN5O/c1-8-13-11(20-18-8)5-4-9(14(13)16)15(22)21-6-2-3-10-12(21)7-17-19-10/h4-5,7H,2-3,6H2,1H3,(H,17,19)(H,18,20). The highest BCUT2D eigenvalue weighted by atomic mass is 35.5. The molecule has 3 aromatic rings. The molecule has 4 rings (SSSR count). The SMILES string of the molecule is Cc1[nH]nc2ccc(C(=O)N3CCCc4[nH]ncc43)c(Cl)c12. The molecule has 2 N–H and O–H groups in total. The zero-order valence-corrected chi connectivity index (χ0v) is 12.7. The molecule has 0 atom stereocenters. The van der Waals surface area contributed by atoms with Gasteiger partial charge in [-0.3, -0.25) is 15.0 Å². The first-order valence-corrected chi connectivity index (χ1v) is 7.52. The molecule has 1 aromatic carbocycles. The van der Waals surface area contributed by atoms with Crippen LogP contribution in [-0.4, -0.2) is 32.8 Å². The van der Waals surface area contributed by atoms with Gasteiger partial charge < -0.3 is 4.90 Å². The normalized spacial score (nSPS) is 14.4. The minimum atomic E-state index is -0.102. The van der Waals surface area contributed by atoms with Crippen LogP contribution < -0.4 is 4.90 Å². The Kier molecular flexibility index (Phi) is 2.94. The molecule has 2 aromatic heterocycles. The second kappa shape index (κ2) is 4.84. The van der Waals surface area contributed by atoms with Crippen LogP contribution in [0.15, 0.2) is 18.3 Å². The summed E-state index contributed by atoms with van der Waals surface area (Å²) in [6.45, 7) is 2.56. The number of fused-ring (bicyclic) bond motifs is 2. The zero-order chi connectivity index (χ0) is 15.3. The lowest BCUT2D eigenvalue weighted by atomic mass is 10.1. The van der Waals surface area contributed by atoms with Gasteiger partial charge in [0, 0.05) is 17.6 Å². The van der Waals surface area contributed by atoms with E-state index in [0.29, 0.717) is 17.1 Å². The minimum Gasteiger partial charge on any atom is -0.305 e. The number of hydrogen-bond acceptors (Lipinski definition) is 3. The first-order valence-electron chi connectivity index (χ1n) is 7.14. The summed E-state index contributed by atoms with van der Waals surface area (Å²) in [6, 6.07) is 3.56. The van der Waals surface area contributed by atoms with Gasteiger partial charge >= 0.3 is 0 Å². The Morgan fingerprint density at radius 3 is 3.09 bits per heavy atom. The molecule has 0 bridgehead atoms. The van der Waals surface area contributed by atoms with Crippen molar-refractivity contribution in [2.45, 2.75) is 19.8 Å². The number of nitrogens with one attached hydrogen (secondary N) is 2. The van der Waals surface area contributed by atoms with E-state index in [1.165, 1.54) is 0 Å². The second-order valence-corrected chi connectivity index (χ2v) is 5.84. The number of aryl methyl sites for hydroxylation is 2. The van der Waals surface area contributed by atoms with Crippen molar-refractivity contribution < 1.29 is 4.79 Å². The van der Waals surface area contributed by atoms with Gasteiger partial charge in [0.1, 0.15) is 0 Å². The molecule has 0 unspecified atom stereocenters. The van der Waals surface area contributed by atoms with Crippen LogP contribution in [-0.2, 0) is 6.42 Å². The number of benzene rings is 1. The zero-order valence-electron chi connectivity index (χ0n) is 12.0. The molecule has 1 amide bonds. The maximum absolute atomic E-state index is 12.9. The van der Waals surface area contributed by atoms with Crippen molar-refractivity contribution in [2.75, 3.05) is 11.4 Å². The van der Waals surface area contributed by atoms with Gasteiger partial charge in [0.15, 0.2) is 0 Å². The summed E-state index contributed by atoms with van der Waals surface area (Å²) < 4.78 is 0. The largest absolute Gasteiger partial charge is 0.305 e. The summed E-state index contributed by atoms with van der Waals surface area (Å²) >= 11 is 6.47. The average Bonchev–Trinajstić information content (AvgIpc) is 3.13. The van der Waals surface area contributed by atoms with Crippen LogP contribution in [0.1, 0.15) is 28.2 Å². The van der Waals surface area contributed by atoms with E-state index in [9.17, 15) is 4.79 Å². The lowest BCUT2D eigenvalue weighted by molar-refractivity contribution is 0.0985. The van der Waals surface area contributed by atoms with Crippen LogP contribution in [0.3, 0.4) is 0 Å². The van der Waals surface area contributed by atoms with E-state index in [4.69, 9.17) is 11.6 Å². The molecule has 0 spiro atoms. The lowest BCUT2D eigenvalue weighted by Gasteiger charge is -2.26. The molecule has 0 fully saturated rings. The number of hydrogen-bond donors (Lipinski definition) is 2. The summed E-state index contributed by atoms with van der Waals surface area (Å²) in [7, 11) is 0. The maximum Gasteiger partial charge on any atom is 0.259 e. The highest BCUT2D eigenvalue weighted by Gasteiger charge is 2.27. The number of H-pyrrole nitrogens is 2. The summed E-state index contributed by atoms with van der Waals surface area (Å²) in [5.41, 5.74) is 3.96. The molecule has 7 heteroatoms. The van der Waals surface area contributed by atoms with Crippen LogP contribution >= 0.6 is 11.6 Å². The third-order valence-electron chi connectivity index (χ3n) is 4.11. The summed E-state index contributed by atoms with van der Waals surface area (Å²) in [5, 5.41) is 15.3. The first-order chi connectivity index (χ1) is 10.7. The van der Waals surface area contributed by atoms with Gasteiger partial charge in [-0.15, -0.1) is 0 Å². The van der Waals surface area contributed by atoms with Crippen molar-refractivity contribution in [3.05, 3.63) is 40.3 Å². The monoisotopic (exact) mass is 315 g/mol. The molecule has 22 heavy (non-hydrogen) atoms. The van der Waals surface area contributed by atoms with Crippen molar-refractivity contribution in [3.63, 3.8) is 0 Å². The number of aromatic amines is 2. The topological polar surface area (TPSA) is 77.7 Å². The number of rotatable bonds is 1. The van der Waals surface area contributed by atoms with Crippen LogP contribution in [0, 0.1) is 6.92 Å². The van der Waals surface area contributed by atoms with Crippen molar-refractivity contribution in [1.29, 1.82) is 0 Å². The molecule has 1 aliphatic rings. The molecule has 0 radical (unpaired) electrons. The Morgan fingerprint density at radius 1 is 1.36 bits per heavy atom. The molecule has 6 nitrogen and oxygen atoms in total. The van der Waals surface area contributed by atoms with Gasteiger partial charge in [0.25, 0.3) is 5.91 Å². The molecule has 0 saturated carbocycles. The maximum atomic E-state index is 12.9. The molecular weight excluding hydrogens is 302 g/mol. The highest BCUT2D eigenvalue weighted by molar-refractivity contribution is 6.39. The Bertz CT molecular complexity index is 881. The second-order valence-electron chi connectivity index (χ2n) is 5.46. The molecule has 0 saturated heterocycles. The van der Waals surface area contributed by atoms with Crippen molar-refractivity contribution in [1.82, 2.24) is 20.4 Å². The van der Waals surface area contributed by atoms with Crippen LogP contribution in [0.25, 0.3) is 10.9 Å². The first kappa shape index (κ1) is 13.3. The number of aromatic nitrogens is 4. The van der Waals surface area contributed by atoms with Crippen molar-refractivity contribution in [3.8, 4) is 0 Å². The number of halogens is 1. The van der Waals surface area contributed by atoms with E-state index >= 15 is 0 Å². The Morgan fingerprint density at radius 2 is 2.23 bits per heavy atom. The quantitative estimate of drug-likeness (QED) is 0.725. The van der Waals surface area contributed by atoms with Gasteiger partial charge in [-0.05, 0) is 31.9 Å². The smallest absolute Gasteiger partial charge is 0.259 e. The molecule has 1 aliphatic heterocycles. The third-order valence-corrected chi connectivity index (χ3v) is 4.50. The van der Waals surface area contributed by atoms with E-state index in [0.717, 1.165) is 40.8 Å². The highest BCUT2D eigenvalue weighted by Crippen LogP contribution is 2.32. The van der Waals surface area contributed by atoms with Crippen LogP contribution in [0.5, 0.6) is 0 Å². The fourth-order valence-corrected chi connectivity index (χ4v) is 3.38. The number of carbonyl (C=O) groups excluding carboxylic acids is 1. The van der Waals surface area contributed by atoms with E-state index in [1.807, 2.05) is 13.0 Å². The molecule has 0 aliphatic carbocycles. The Balaban J connectivity index is 1.81. The van der Waals surface area contributed by atoms with Gasteiger partial charge in [-0.25, -0.2) is 0 Å². The van der Waals surface area contributed by atoms with Crippen molar-refractivity contribution in [2.24, 2.45) is 0 Å². The number of carbonyl (C=O) groups is 1. The van der Waals surface area contributed by atoms with E-state index in [2.05, 4.69) is 20.4 Å². The molecule has 112 valence electrons. The predicted octanol–water partition coefficient (Wildman–Crippen LogP) is 2.84. The number of amides is 1. The summed E-state index contributed by atoms with van der Waals surface area (Å²) in [6.07, 6.45) is 3.51. The Hall–Kier alpha value is -2.34. The van der Waals surface area contributed by atoms with Crippen LogP contribution in [0.4, 0.5) is 5.69 Å². The average molecular weight is 316 g/mol. The van der Waals surface area contributed by atoms with Gasteiger partial charge in [-0.2, -0.15) is 10.2 Å². The minimum absolute atomic E-state index is 0.102. The van der Waals surface area contributed by atoms with Crippen LogP contribution in [0.2, 0.25) is 5.02 Å². The molecular formula is C15H14ClN5O. The van der Waals surface area contributed by atoms with E-state index in [1.54, 1.807) is 17.2 Å². The third kappa shape index (κ3) is 1.84. The predicted molar refractivity (Wildman–Crippen MR) is 84.4 cm³/mol. The lowest BCUT2D eigenvalue weighted by Crippen LogP contribution is -2.35. The fourth-order valence-electron chi connectivity index (χ4n) is 2.99. The van der Waals surface area contributed by atoms with E-state index < -0.39 is 0 Å².